The highest BCUT2D eigenvalue weighted by atomic mass is 32.2. The van der Waals surface area contributed by atoms with E-state index in [1.165, 1.54) is 0 Å². The third kappa shape index (κ3) is 6.27. The maximum atomic E-state index is 12.6. The van der Waals surface area contributed by atoms with Gasteiger partial charge in [-0.25, -0.2) is 13.1 Å². The first-order chi connectivity index (χ1) is 14.8. The largest absolute Gasteiger partial charge is 0.339 e. The molecule has 1 heterocycles. The lowest BCUT2D eigenvalue weighted by atomic mass is 10.1. The molecule has 0 bridgehead atoms. The van der Waals surface area contributed by atoms with Gasteiger partial charge in [-0.15, -0.1) is 0 Å². The molecule has 1 saturated heterocycles. The van der Waals surface area contributed by atoms with Gasteiger partial charge in [-0.2, -0.15) is 0 Å². The molecule has 1 fully saturated rings. The van der Waals surface area contributed by atoms with Gasteiger partial charge in [0.2, 0.25) is 21.8 Å². The summed E-state index contributed by atoms with van der Waals surface area (Å²) in [5.41, 5.74) is 0. The lowest BCUT2D eigenvalue weighted by Gasteiger charge is -2.35. The van der Waals surface area contributed by atoms with Gasteiger partial charge in [0, 0.05) is 45.6 Å². The minimum atomic E-state index is -3.69. The maximum absolute atomic E-state index is 12.6. The zero-order chi connectivity index (χ0) is 22.4. The Kier molecular flexibility index (Phi) is 7.67. The molecule has 3 rings (SSSR count). The molecule has 1 N–H and O–H groups in total. The molecule has 2 aromatic rings. The van der Waals surface area contributed by atoms with Gasteiger partial charge in [0.25, 0.3) is 0 Å². The molecular formula is C23H31N3O4S. The summed E-state index contributed by atoms with van der Waals surface area (Å²) in [4.78, 5) is 28.4. The average Bonchev–Trinajstić information content (AvgIpc) is 2.77. The van der Waals surface area contributed by atoms with Crippen LogP contribution < -0.4 is 4.72 Å². The van der Waals surface area contributed by atoms with E-state index in [1.807, 2.05) is 29.2 Å². The van der Waals surface area contributed by atoms with Crippen LogP contribution in [0.4, 0.5) is 0 Å². The molecule has 7 nitrogen and oxygen atoms in total. The smallest absolute Gasteiger partial charge is 0.240 e. The van der Waals surface area contributed by atoms with E-state index in [0.717, 1.165) is 17.2 Å². The van der Waals surface area contributed by atoms with Crippen molar-refractivity contribution in [3.05, 3.63) is 42.5 Å². The summed E-state index contributed by atoms with van der Waals surface area (Å²) < 4.78 is 27.7. The van der Waals surface area contributed by atoms with Gasteiger partial charge in [0.1, 0.15) is 0 Å². The Balaban J connectivity index is 1.46. The van der Waals surface area contributed by atoms with Gasteiger partial charge in [-0.05, 0) is 35.2 Å². The Hall–Kier alpha value is -2.45. The van der Waals surface area contributed by atoms with Crippen molar-refractivity contribution >= 4 is 32.6 Å². The zero-order valence-electron chi connectivity index (χ0n) is 18.2. The van der Waals surface area contributed by atoms with Crippen LogP contribution >= 0.6 is 0 Å². The molecule has 31 heavy (non-hydrogen) atoms. The number of hydrogen-bond acceptors (Lipinski definition) is 4. The molecule has 0 aliphatic carbocycles. The van der Waals surface area contributed by atoms with Crippen LogP contribution in [-0.4, -0.2) is 62.8 Å². The van der Waals surface area contributed by atoms with E-state index < -0.39 is 10.0 Å². The van der Waals surface area contributed by atoms with E-state index in [1.54, 1.807) is 23.1 Å². The van der Waals surface area contributed by atoms with Gasteiger partial charge in [0.05, 0.1) is 4.90 Å². The lowest BCUT2D eigenvalue weighted by Crippen LogP contribution is -2.51. The second kappa shape index (κ2) is 10.2. The van der Waals surface area contributed by atoms with Gasteiger partial charge in [-0.1, -0.05) is 44.2 Å². The number of hydrogen-bond donors (Lipinski definition) is 1. The molecule has 0 radical (unpaired) electrons. The minimum absolute atomic E-state index is 0.0432. The van der Waals surface area contributed by atoms with Crippen molar-refractivity contribution in [1.82, 2.24) is 14.5 Å². The number of carbonyl (C=O) groups excluding carboxylic acids is 2. The maximum Gasteiger partial charge on any atom is 0.240 e. The molecule has 1 aliphatic rings. The Morgan fingerprint density at radius 3 is 2.10 bits per heavy atom. The van der Waals surface area contributed by atoms with E-state index in [2.05, 4.69) is 18.6 Å². The molecule has 0 unspecified atom stereocenters. The normalized spacial score (nSPS) is 14.9. The molecule has 2 aromatic carbocycles. The molecule has 8 heteroatoms. The topological polar surface area (TPSA) is 86.8 Å². The summed E-state index contributed by atoms with van der Waals surface area (Å²) in [6, 6.07) is 12.5. The van der Waals surface area contributed by atoms with Crippen molar-refractivity contribution in [3.63, 3.8) is 0 Å². The first-order valence-corrected chi connectivity index (χ1v) is 12.3. The van der Waals surface area contributed by atoms with Crippen molar-refractivity contribution in [1.29, 1.82) is 0 Å². The van der Waals surface area contributed by atoms with Crippen molar-refractivity contribution in [2.75, 3.05) is 32.7 Å². The van der Waals surface area contributed by atoms with E-state index >= 15 is 0 Å². The van der Waals surface area contributed by atoms with Crippen LogP contribution in [0.2, 0.25) is 0 Å². The van der Waals surface area contributed by atoms with Gasteiger partial charge in [0.15, 0.2) is 0 Å². The number of fused-ring (bicyclic) bond motifs is 1. The lowest BCUT2D eigenvalue weighted by molar-refractivity contribution is -0.139. The Morgan fingerprint density at radius 2 is 1.48 bits per heavy atom. The minimum Gasteiger partial charge on any atom is -0.339 e. The number of nitrogens with zero attached hydrogens (tertiary/aromatic N) is 2. The standard InChI is InChI=1S/C23H31N3O4S/c1-18(2)7-10-22(27)25-13-15-26(16-14-25)23(28)11-12-24-31(29,30)21-9-8-19-5-3-4-6-20(19)17-21/h3-6,8-9,17-18,24H,7,10-16H2,1-2H3. The SMILES string of the molecule is CC(C)CCC(=O)N1CCN(C(=O)CCNS(=O)(=O)c2ccc3ccccc3c2)CC1. The van der Waals surface area contributed by atoms with Crippen LogP contribution in [-0.2, 0) is 19.6 Å². The van der Waals surface area contributed by atoms with Crippen LogP contribution in [0.15, 0.2) is 47.4 Å². The second-order valence-corrected chi connectivity index (χ2v) is 10.1. The number of rotatable bonds is 8. The molecule has 0 spiro atoms. The second-order valence-electron chi connectivity index (χ2n) is 8.35. The number of piperazine rings is 1. The summed E-state index contributed by atoms with van der Waals surface area (Å²) in [6.07, 6.45) is 1.51. The van der Waals surface area contributed by atoms with Crippen molar-refractivity contribution < 1.29 is 18.0 Å². The monoisotopic (exact) mass is 445 g/mol. The fourth-order valence-corrected chi connectivity index (χ4v) is 4.71. The summed E-state index contributed by atoms with van der Waals surface area (Å²) >= 11 is 0. The predicted octanol–water partition coefficient (Wildman–Crippen LogP) is 2.62. The third-order valence-electron chi connectivity index (χ3n) is 5.58. The highest BCUT2D eigenvalue weighted by Crippen LogP contribution is 2.19. The number of sulfonamides is 1. The van der Waals surface area contributed by atoms with Crippen LogP contribution in [0.5, 0.6) is 0 Å². The number of nitrogens with one attached hydrogen (secondary N) is 1. The average molecular weight is 446 g/mol. The van der Waals surface area contributed by atoms with Crippen LogP contribution in [0.1, 0.15) is 33.1 Å². The van der Waals surface area contributed by atoms with Gasteiger partial charge >= 0.3 is 0 Å². The fraction of sp³-hybridized carbons (Fsp3) is 0.478. The first kappa shape index (κ1) is 23.2. The third-order valence-corrected chi connectivity index (χ3v) is 7.04. The number of carbonyl (C=O) groups is 2. The molecule has 2 amide bonds. The zero-order valence-corrected chi connectivity index (χ0v) is 19.0. The van der Waals surface area contributed by atoms with E-state index in [0.29, 0.717) is 38.5 Å². The highest BCUT2D eigenvalue weighted by molar-refractivity contribution is 7.89. The van der Waals surface area contributed by atoms with Crippen molar-refractivity contribution in [2.24, 2.45) is 5.92 Å². The van der Waals surface area contributed by atoms with Gasteiger partial charge in [-0.3, -0.25) is 9.59 Å². The number of amides is 2. The van der Waals surface area contributed by atoms with Crippen molar-refractivity contribution in [3.8, 4) is 0 Å². The van der Waals surface area contributed by atoms with Crippen LogP contribution in [0.25, 0.3) is 10.8 Å². The fourth-order valence-electron chi connectivity index (χ4n) is 3.64. The van der Waals surface area contributed by atoms with E-state index in [-0.39, 0.29) is 29.7 Å². The number of benzene rings is 2. The van der Waals surface area contributed by atoms with Crippen molar-refractivity contribution in [2.45, 2.75) is 38.0 Å². The summed E-state index contributed by atoms with van der Waals surface area (Å²) in [7, 11) is -3.69. The molecule has 0 saturated carbocycles. The van der Waals surface area contributed by atoms with Gasteiger partial charge < -0.3 is 9.80 Å². The quantitative estimate of drug-likeness (QED) is 0.677. The molecule has 0 aromatic heterocycles. The summed E-state index contributed by atoms with van der Waals surface area (Å²) in [5.74, 6) is 0.532. The highest BCUT2D eigenvalue weighted by Gasteiger charge is 2.24. The molecule has 0 atom stereocenters. The van der Waals surface area contributed by atoms with E-state index in [4.69, 9.17) is 0 Å². The Morgan fingerprint density at radius 1 is 0.903 bits per heavy atom. The first-order valence-electron chi connectivity index (χ1n) is 10.8. The molecular weight excluding hydrogens is 414 g/mol. The van der Waals surface area contributed by atoms with E-state index in [9.17, 15) is 18.0 Å². The molecule has 1 aliphatic heterocycles. The van der Waals surface area contributed by atoms with Crippen LogP contribution in [0, 0.1) is 5.92 Å². The summed E-state index contributed by atoms with van der Waals surface area (Å²) in [6.45, 7) is 6.28. The Bertz CT molecular complexity index is 1030. The predicted molar refractivity (Wildman–Crippen MR) is 121 cm³/mol. The molecule has 168 valence electrons. The van der Waals surface area contributed by atoms with Crippen LogP contribution in [0.3, 0.4) is 0 Å². The Labute approximate surface area is 184 Å². The summed E-state index contributed by atoms with van der Waals surface area (Å²) in [5, 5.41) is 1.82.